The van der Waals surface area contributed by atoms with Gasteiger partial charge in [-0.25, -0.2) is 0 Å². The van der Waals surface area contributed by atoms with E-state index in [4.69, 9.17) is 9.15 Å². The van der Waals surface area contributed by atoms with E-state index in [0.29, 0.717) is 28.2 Å². The van der Waals surface area contributed by atoms with Gasteiger partial charge in [0.1, 0.15) is 11.0 Å². The molecule has 0 fully saturated rings. The van der Waals surface area contributed by atoms with Crippen LogP contribution in [0.3, 0.4) is 0 Å². The van der Waals surface area contributed by atoms with E-state index in [2.05, 4.69) is 15.5 Å². The number of rotatable bonds is 8. The number of methoxy groups -OCH3 is 1. The summed E-state index contributed by atoms with van der Waals surface area (Å²) < 4.78 is 12.8. The molecule has 1 N–H and O–H groups in total. The number of hydrogen-bond donors (Lipinski definition) is 1. The summed E-state index contributed by atoms with van der Waals surface area (Å²) in [5.41, 5.74) is 2.36. The molecule has 0 saturated carbocycles. The molecule has 8 heteroatoms. The maximum Gasteiger partial charge on any atom is 0.242 e. The molecule has 7 nitrogen and oxygen atoms in total. The van der Waals surface area contributed by atoms with Gasteiger partial charge in [-0.05, 0) is 42.0 Å². The Hall–Kier alpha value is -4.30. The minimum absolute atomic E-state index is 0.184. The van der Waals surface area contributed by atoms with Gasteiger partial charge in [-0.3, -0.25) is 9.36 Å². The molecule has 0 bridgehead atoms. The minimum Gasteiger partial charge on any atom is -0.497 e. The van der Waals surface area contributed by atoms with Gasteiger partial charge in [0.25, 0.3) is 0 Å². The van der Waals surface area contributed by atoms with Crippen LogP contribution in [0.15, 0.2) is 113 Å². The molecule has 1 atom stereocenters. The van der Waals surface area contributed by atoms with Gasteiger partial charge in [-0.15, -0.1) is 10.2 Å². The van der Waals surface area contributed by atoms with E-state index in [1.807, 2.05) is 89.5 Å². The number of aromatic nitrogens is 3. The number of furan rings is 1. The summed E-state index contributed by atoms with van der Waals surface area (Å²) in [6.45, 7) is 0. The predicted molar refractivity (Wildman–Crippen MR) is 136 cm³/mol. The molecule has 0 spiro atoms. The van der Waals surface area contributed by atoms with Gasteiger partial charge >= 0.3 is 0 Å². The molecular weight excluding hydrogens is 460 g/mol. The number of hydrogen-bond acceptors (Lipinski definition) is 6. The Kier molecular flexibility index (Phi) is 6.63. The summed E-state index contributed by atoms with van der Waals surface area (Å²) in [6, 6.07) is 30.3. The zero-order chi connectivity index (χ0) is 24.0. The number of nitrogens with one attached hydrogen (secondary N) is 1. The molecule has 0 aliphatic carbocycles. The normalized spacial score (nSPS) is 11.7. The second kappa shape index (κ2) is 10.3. The van der Waals surface area contributed by atoms with Crippen LogP contribution in [0.1, 0.15) is 10.8 Å². The Bertz CT molecular complexity index is 1400. The second-order valence-electron chi connectivity index (χ2n) is 7.58. The fraction of sp³-hybridized carbons (Fsp3) is 0.0741. The smallest absolute Gasteiger partial charge is 0.242 e. The molecule has 174 valence electrons. The topological polar surface area (TPSA) is 82.2 Å². The Morgan fingerprint density at radius 1 is 0.943 bits per heavy atom. The highest BCUT2D eigenvalue weighted by Gasteiger charge is 2.27. The van der Waals surface area contributed by atoms with Crippen LogP contribution in [0.2, 0.25) is 0 Å². The first-order valence-electron chi connectivity index (χ1n) is 10.9. The van der Waals surface area contributed by atoms with Crippen LogP contribution < -0.4 is 10.1 Å². The highest BCUT2D eigenvalue weighted by atomic mass is 32.2. The number of anilines is 1. The number of carbonyl (C=O) groups is 1. The van der Waals surface area contributed by atoms with E-state index >= 15 is 0 Å². The van der Waals surface area contributed by atoms with Crippen LogP contribution >= 0.6 is 11.8 Å². The van der Waals surface area contributed by atoms with Crippen molar-refractivity contribution in [3.63, 3.8) is 0 Å². The van der Waals surface area contributed by atoms with Gasteiger partial charge in [-0.2, -0.15) is 0 Å². The van der Waals surface area contributed by atoms with Gasteiger partial charge in [-0.1, -0.05) is 66.4 Å². The monoisotopic (exact) mass is 482 g/mol. The Morgan fingerprint density at radius 3 is 2.43 bits per heavy atom. The third-order valence-corrected chi connectivity index (χ3v) is 6.49. The lowest BCUT2D eigenvalue weighted by molar-refractivity contribution is -0.115. The van der Waals surface area contributed by atoms with Crippen LogP contribution in [-0.4, -0.2) is 27.8 Å². The van der Waals surface area contributed by atoms with Crippen LogP contribution in [-0.2, 0) is 4.79 Å². The second-order valence-corrected chi connectivity index (χ2v) is 8.66. The number of amides is 1. The van der Waals surface area contributed by atoms with Crippen LogP contribution in [0.4, 0.5) is 5.69 Å². The van der Waals surface area contributed by atoms with Gasteiger partial charge in [0.05, 0.1) is 13.4 Å². The number of para-hydroxylation sites is 1. The van der Waals surface area contributed by atoms with Crippen LogP contribution in [0.5, 0.6) is 5.75 Å². The van der Waals surface area contributed by atoms with E-state index in [-0.39, 0.29) is 5.91 Å². The highest BCUT2D eigenvalue weighted by Crippen LogP contribution is 2.38. The molecule has 0 radical (unpaired) electrons. The standard InChI is InChI=1S/C27H22N4O3S/c1-33-22-15-8-12-20(18-22)28-26(32)24(19-10-4-2-5-11-19)35-27-30-29-25(23-16-9-17-34-23)31(27)21-13-6-3-7-14-21/h2-18,24H,1H3,(H,28,32)/t24-/m0/s1. The van der Waals surface area contributed by atoms with Crippen molar-refractivity contribution in [1.82, 2.24) is 14.8 Å². The van der Waals surface area contributed by atoms with Crippen molar-refractivity contribution in [2.45, 2.75) is 10.4 Å². The third-order valence-electron chi connectivity index (χ3n) is 5.29. The minimum atomic E-state index is -0.585. The van der Waals surface area contributed by atoms with E-state index < -0.39 is 5.25 Å². The Balaban J connectivity index is 1.53. The fourth-order valence-electron chi connectivity index (χ4n) is 3.64. The zero-order valence-corrected chi connectivity index (χ0v) is 19.7. The molecule has 0 saturated heterocycles. The molecule has 0 aliphatic heterocycles. The molecule has 2 heterocycles. The lowest BCUT2D eigenvalue weighted by Gasteiger charge is -2.18. The molecule has 5 aromatic rings. The van der Waals surface area contributed by atoms with E-state index in [9.17, 15) is 4.79 Å². The third kappa shape index (κ3) is 4.97. The fourth-order valence-corrected chi connectivity index (χ4v) is 4.69. The molecule has 3 aromatic carbocycles. The largest absolute Gasteiger partial charge is 0.497 e. The number of carbonyl (C=O) groups excluding carboxylic acids is 1. The van der Waals surface area contributed by atoms with Crippen LogP contribution in [0.25, 0.3) is 17.3 Å². The maximum absolute atomic E-state index is 13.6. The van der Waals surface area contributed by atoms with Crippen molar-refractivity contribution in [2.75, 3.05) is 12.4 Å². The lowest BCUT2D eigenvalue weighted by atomic mass is 10.1. The molecule has 2 aromatic heterocycles. The van der Waals surface area contributed by atoms with Crippen molar-refractivity contribution < 1.29 is 13.9 Å². The van der Waals surface area contributed by atoms with Gasteiger partial charge in [0, 0.05) is 17.4 Å². The van der Waals surface area contributed by atoms with Gasteiger partial charge < -0.3 is 14.5 Å². The first kappa shape index (κ1) is 22.5. The number of benzene rings is 3. The first-order chi connectivity index (χ1) is 17.2. The number of nitrogens with zero attached hydrogens (tertiary/aromatic N) is 3. The van der Waals surface area contributed by atoms with Crippen molar-refractivity contribution in [2.24, 2.45) is 0 Å². The summed E-state index contributed by atoms with van der Waals surface area (Å²) in [4.78, 5) is 13.6. The highest BCUT2D eigenvalue weighted by molar-refractivity contribution is 8.00. The molecular formula is C27H22N4O3S. The summed E-state index contributed by atoms with van der Waals surface area (Å²) >= 11 is 1.32. The lowest BCUT2D eigenvalue weighted by Crippen LogP contribution is -2.19. The van der Waals surface area contributed by atoms with Crippen LogP contribution in [0, 0.1) is 0 Å². The Labute approximate surface area is 206 Å². The summed E-state index contributed by atoms with van der Waals surface area (Å²) in [5, 5.41) is 11.8. The quantitative estimate of drug-likeness (QED) is 0.273. The van der Waals surface area contributed by atoms with E-state index in [0.717, 1.165) is 11.3 Å². The average molecular weight is 483 g/mol. The van der Waals surface area contributed by atoms with Crippen molar-refractivity contribution in [1.29, 1.82) is 0 Å². The van der Waals surface area contributed by atoms with Crippen molar-refractivity contribution in [3.8, 4) is 23.0 Å². The van der Waals surface area contributed by atoms with Gasteiger partial charge in [0.2, 0.25) is 11.7 Å². The summed E-state index contributed by atoms with van der Waals surface area (Å²) in [5.74, 6) is 1.63. The van der Waals surface area contributed by atoms with Crippen molar-refractivity contribution >= 4 is 23.4 Å². The maximum atomic E-state index is 13.6. The molecule has 35 heavy (non-hydrogen) atoms. The molecule has 0 aliphatic rings. The van der Waals surface area contributed by atoms with Gasteiger partial charge in [0.15, 0.2) is 10.9 Å². The SMILES string of the molecule is COc1cccc(NC(=O)[C@@H](Sc2nnc(-c3ccco3)n2-c2ccccc2)c2ccccc2)c1. The molecule has 1 amide bonds. The molecule has 0 unspecified atom stereocenters. The first-order valence-corrected chi connectivity index (χ1v) is 11.8. The number of ether oxygens (including phenoxy) is 1. The number of thioether (sulfide) groups is 1. The van der Waals surface area contributed by atoms with Crippen molar-refractivity contribution in [3.05, 3.63) is 109 Å². The summed E-state index contributed by atoms with van der Waals surface area (Å²) in [7, 11) is 1.59. The predicted octanol–water partition coefficient (Wildman–Crippen LogP) is 6.01. The zero-order valence-electron chi connectivity index (χ0n) is 18.9. The molecule has 5 rings (SSSR count). The van der Waals surface area contributed by atoms with E-state index in [1.54, 1.807) is 25.5 Å². The Morgan fingerprint density at radius 2 is 1.71 bits per heavy atom. The van der Waals surface area contributed by atoms with E-state index in [1.165, 1.54) is 11.8 Å². The summed E-state index contributed by atoms with van der Waals surface area (Å²) in [6.07, 6.45) is 1.60. The average Bonchev–Trinajstić information content (AvgIpc) is 3.58.